The molecule has 0 spiro atoms. The van der Waals surface area contributed by atoms with Gasteiger partial charge in [-0.15, -0.1) is 0 Å². The van der Waals surface area contributed by atoms with Crippen LogP contribution < -0.4 is 5.73 Å². The second kappa shape index (κ2) is 3.77. The van der Waals surface area contributed by atoms with Crippen LogP contribution in [0.25, 0.3) is 11.0 Å². The van der Waals surface area contributed by atoms with E-state index in [1.54, 1.807) is 12.4 Å². The van der Waals surface area contributed by atoms with Crippen LogP contribution in [0.3, 0.4) is 0 Å². The highest BCUT2D eigenvalue weighted by atomic mass is 15.3. The van der Waals surface area contributed by atoms with Crippen LogP contribution in [-0.4, -0.2) is 14.8 Å². The first kappa shape index (κ1) is 10.9. The van der Waals surface area contributed by atoms with E-state index in [0.29, 0.717) is 0 Å². The summed E-state index contributed by atoms with van der Waals surface area (Å²) < 4.78 is 2.00. The first-order chi connectivity index (χ1) is 7.62. The number of fused-ring (bicyclic) bond motifs is 1. The highest BCUT2D eigenvalue weighted by molar-refractivity contribution is 5.87. The number of hydrogen-bond donors (Lipinski definition) is 1. The molecule has 4 nitrogen and oxygen atoms in total. The fraction of sp³-hybridized carbons (Fsp3) is 0.500. The van der Waals surface area contributed by atoms with Gasteiger partial charge in [-0.1, -0.05) is 13.8 Å². The van der Waals surface area contributed by atoms with Crippen LogP contribution in [0.2, 0.25) is 0 Å². The first-order valence-electron chi connectivity index (χ1n) is 5.71. The third-order valence-electron chi connectivity index (χ3n) is 3.54. The lowest BCUT2D eigenvalue weighted by Crippen LogP contribution is -2.29. The van der Waals surface area contributed by atoms with E-state index in [-0.39, 0.29) is 5.54 Å². The molecule has 0 saturated carbocycles. The Hall–Kier alpha value is -1.58. The quantitative estimate of drug-likeness (QED) is 0.861. The van der Waals surface area contributed by atoms with Crippen molar-refractivity contribution in [2.75, 3.05) is 5.73 Å². The minimum absolute atomic E-state index is 0.0164. The Labute approximate surface area is 95.5 Å². The van der Waals surface area contributed by atoms with E-state index < -0.39 is 0 Å². The molecule has 0 aliphatic rings. The van der Waals surface area contributed by atoms with Gasteiger partial charge in [0.25, 0.3) is 0 Å². The topological polar surface area (TPSA) is 56.7 Å². The maximum atomic E-state index is 5.90. The Bertz CT molecular complexity index is 497. The molecule has 0 fully saturated rings. The van der Waals surface area contributed by atoms with Crippen LogP contribution in [0.5, 0.6) is 0 Å². The van der Waals surface area contributed by atoms with Crippen molar-refractivity contribution < 1.29 is 0 Å². The maximum absolute atomic E-state index is 5.90. The lowest BCUT2D eigenvalue weighted by molar-refractivity contribution is 0.272. The molecule has 0 radical (unpaired) electrons. The smallest absolute Gasteiger partial charge is 0.160 e. The second-order valence-corrected chi connectivity index (χ2v) is 4.40. The van der Waals surface area contributed by atoms with E-state index in [2.05, 4.69) is 30.9 Å². The molecule has 0 unspecified atom stereocenters. The lowest BCUT2D eigenvalue weighted by Gasteiger charge is -2.27. The Kier molecular flexibility index (Phi) is 2.58. The molecular formula is C12H18N4. The summed E-state index contributed by atoms with van der Waals surface area (Å²) in [5, 5.41) is 5.38. The Morgan fingerprint density at radius 1 is 1.38 bits per heavy atom. The van der Waals surface area contributed by atoms with Crippen molar-refractivity contribution >= 4 is 16.7 Å². The van der Waals surface area contributed by atoms with Crippen molar-refractivity contribution in [2.45, 2.75) is 39.2 Å². The molecule has 0 atom stereocenters. The highest BCUT2D eigenvalue weighted by Gasteiger charge is 2.25. The van der Waals surface area contributed by atoms with E-state index in [9.17, 15) is 0 Å². The fourth-order valence-electron chi connectivity index (χ4n) is 1.89. The molecule has 0 bridgehead atoms. The van der Waals surface area contributed by atoms with Gasteiger partial charge in [-0.05, 0) is 25.8 Å². The van der Waals surface area contributed by atoms with Gasteiger partial charge in [-0.3, -0.25) is 0 Å². The standard InChI is InChI=1S/C12H18N4/c1-4-12(3,5-2)16-11-9(8-15-16)10(13)6-7-14-11/h6-8H,4-5H2,1-3H3,(H2,13,14). The third kappa shape index (κ3) is 1.45. The molecule has 86 valence electrons. The summed E-state index contributed by atoms with van der Waals surface area (Å²) in [5.41, 5.74) is 7.54. The number of nitrogen functional groups attached to an aromatic ring is 1. The van der Waals surface area contributed by atoms with Crippen LogP contribution in [0.4, 0.5) is 5.69 Å². The molecule has 2 rings (SSSR count). The average molecular weight is 218 g/mol. The largest absolute Gasteiger partial charge is 0.398 e. The highest BCUT2D eigenvalue weighted by Crippen LogP contribution is 2.28. The number of nitrogens with zero attached hydrogens (tertiary/aromatic N) is 3. The summed E-state index contributed by atoms with van der Waals surface area (Å²) in [7, 11) is 0. The molecule has 0 aliphatic carbocycles. The summed E-state index contributed by atoms with van der Waals surface area (Å²) >= 11 is 0. The van der Waals surface area contributed by atoms with Crippen LogP contribution in [-0.2, 0) is 5.54 Å². The molecule has 0 amide bonds. The zero-order chi connectivity index (χ0) is 11.8. The minimum atomic E-state index is 0.0164. The summed E-state index contributed by atoms with van der Waals surface area (Å²) in [6.07, 6.45) is 5.59. The van der Waals surface area contributed by atoms with E-state index in [1.165, 1.54) is 0 Å². The van der Waals surface area contributed by atoms with Gasteiger partial charge in [0, 0.05) is 11.9 Å². The van der Waals surface area contributed by atoms with Crippen LogP contribution in [0.1, 0.15) is 33.6 Å². The fourth-order valence-corrected chi connectivity index (χ4v) is 1.89. The van der Waals surface area contributed by atoms with E-state index in [1.807, 2.05) is 10.7 Å². The molecular weight excluding hydrogens is 200 g/mol. The van der Waals surface area contributed by atoms with E-state index in [4.69, 9.17) is 5.73 Å². The van der Waals surface area contributed by atoms with Gasteiger partial charge in [-0.2, -0.15) is 5.10 Å². The van der Waals surface area contributed by atoms with Crippen molar-refractivity contribution in [3.05, 3.63) is 18.5 Å². The molecule has 0 aromatic carbocycles. The number of anilines is 1. The van der Waals surface area contributed by atoms with Gasteiger partial charge < -0.3 is 5.73 Å². The van der Waals surface area contributed by atoms with Gasteiger partial charge in [-0.25, -0.2) is 9.67 Å². The summed E-state index contributed by atoms with van der Waals surface area (Å²) in [6, 6.07) is 1.81. The normalized spacial score (nSPS) is 12.2. The van der Waals surface area contributed by atoms with Crippen LogP contribution in [0.15, 0.2) is 18.5 Å². The monoisotopic (exact) mass is 218 g/mol. The molecule has 0 saturated heterocycles. The molecule has 2 aromatic rings. The predicted molar refractivity (Wildman–Crippen MR) is 66.2 cm³/mol. The lowest BCUT2D eigenvalue weighted by atomic mass is 9.96. The Morgan fingerprint density at radius 2 is 2.06 bits per heavy atom. The average Bonchev–Trinajstić information content (AvgIpc) is 2.74. The number of rotatable bonds is 3. The maximum Gasteiger partial charge on any atom is 0.160 e. The molecule has 16 heavy (non-hydrogen) atoms. The summed E-state index contributed by atoms with van der Waals surface area (Å²) in [5.74, 6) is 0. The second-order valence-electron chi connectivity index (χ2n) is 4.40. The summed E-state index contributed by atoms with van der Waals surface area (Å²) in [6.45, 7) is 6.54. The van der Waals surface area contributed by atoms with Gasteiger partial charge >= 0.3 is 0 Å². The SMILES string of the molecule is CCC(C)(CC)n1ncc2c(N)ccnc21. The van der Waals surface area contributed by atoms with Crippen molar-refractivity contribution in [2.24, 2.45) is 0 Å². The van der Waals surface area contributed by atoms with Crippen LogP contribution in [0, 0.1) is 0 Å². The molecule has 2 N–H and O–H groups in total. The molecule has 4 heteroatoms. The third-order valence-corrected chi connectivity index (χ3v) is 3.54. The van der Waals surface area contributed by atoms with Crippen molar-refractivity contribution in [3.63, 3.8) is 0 Å². The zero-order valence-electron chi connectivity index (χ0n) is 10.1. The van der Waals surface area contributed by atoms with Gasteiger partial charge in [0.1, 0.15) is 0 Å². The Balaban J connectivity index is 2.66. The van der Waals surface area contributed by atoms with Gasteiger partial charge in [0.15, 0.2) is 5.65 Å². The zero-order valence-corrected chi connectivity index (χ0v) is 10.1. The molecule has 0 aliphatic heterocycles. The molecule has 2 aromatic heterocycles. The number of nitrogens with two attached hydrogens (primary N) is 1. The van der Waals surface area contributed by atoms with E-state index >= 15 is 0 Å². The van der Waals surface area contributed by atoms with E-state index in [0.717, 1.165) is 29.6 Å². The van der Waals surface area contributed by atoms with Crippen molar-refractivity contribution in [1.82, 2.24) is 14.8 Å². The van der Waals surface area contributed by atoms with Crippen molar-refractivity contribution in [3.8, 4) is 0 Å². The summed E-state index contributed by atoms with van der Waals surface area (Å²) in [4.78, 5) is 4.38. The number of pyridine rings is 1. The molecule has 2 heterocycles. The van der Waals surface area contributed by atoms with Gasteiger partial charge in [0.2, 0.25) is 0 Å². The Morgan fingerprint density at radius 3 is 2.69 bits per heavy atom. The minimum Gasteiger partial charge on any atom is -0.398 e. The number of aromatic nitrogens is 3. The first-order valence-corrected chi connectivity index (χ1v) is 5.71. The number of hydrogen-bond acceptors (Lipinski definition) is 3. The predicted octanol–water partition coefficient (Wildman–Crippen LogP) is 2.55. The van der Waals surface area contributed by atoms with Gasteiger partial charge in [0.05, 0.1) is 17.1 Å². The van der Waals surface area contributed by atoms with Crippen LogP contribution >= 0.6 is 0 Å². The van der Waals surface area contributed by atoms with Crippen molar-refractivity contribution in [1.29, 1.82) is 0 Å².